The fourth-order valence-electron chi connectivity index (χ4n) is 3.03. The number of ether oxygens (including phenoxy) is 2. The minimum absolute atomic E-state index is 0.0915. The zero-order valence-corrected chi connectivity index (χ0v) is 17.4. The van der Waals surface area contributed by atoms with E-state index in [1.54, 1.807) is 51.1 Å². The number of carbonyl (C=O) groups is 2. The van der Waals surface area contributed by atoms with Crippen molar-refractivity contribution >= 4 is 12.0 Å². The van der Waals surface area contributed by atoms with Gasteiger partial charge in [0.25, 0.3) is 0 Å². The van der Waals surface area contributed by atoms with Gasteiger partial charge in [0.15, 0.2) is 0 Å². The number of para-hydroxylation sites is 1. The minimum atomic E-state index is -4.45. The average molecular weight is 438 g/mol. The molecule has 2 atom stereocenters. The summed E-state index contributed by atoms with van der Waals surface area (Å²) in [6, 6.07) is 10.9. The molecule has 31 heavy (non-hydrogen) atoms. The van der Waals surface area contributed by atoms with Crippen LogP contribution in [0.3, 0.4) is 0 Å². The Bertz CT molecular complexity index is 871. The topological polar surface area (TPSA) is 81.9 Å². The number of amides is 2. The summed E-state index contributed by atoms with van der Waals surface area (Å²) in [5, 5.41) is 0. The molecule has 0 bridgehead atoms. The van der Waals surface area contributed by atoms with Gasteiger partial charge < -0.3 is 15.2 Å². The number of halogens is 3. The molecule has 0 radical (unpaired) electrons. The van der Waals surface area contributed by atoms with Crippen molar-refractivity contribution in [3.63, 3.8) is 0 Å². The van der Waals surface area contributed by atoms with E-state index in [0.29, 0.717) is 5.75 Å². The molecule has 2 rings (SSSR count). The SMILES string of the molecule is CC(C)[C@@H](C(N)=O)N(C(=O)Oc1ccccc1)C(C)COc1ccc(C(F)(F)F)cc1. The van der Waals surface area contributed by atoms with Crippen molar-refractivity contribution in [3.05, 3.63) is 60.2 Å². The Morgan fingerprint density at radius 1 is 0.968 bits per heavy atom. The second-order valence-electron chi connectivity index (χ2n) is 7.36. The van der Waals surface area contributed by atoms with Crippen LogP contribution in [-0.4, -0.2) is 35.6 Å². The van der Waals surface area contributed by atoms with Crippen LogP contribution in [0.2, 0.25) is 0 Å². The lowest BCUT2D eigenvalue weighted by atomic mass is 10.0. The van der Waals surface area contributed by atoms with Gasteiger partial charge in [0.1, 0.15) is 24.1 Å². The molecule has 0 saturated heterocycles. The highest BCUT2D eigenvalue weighted by atomic mass is 19.4. The van der Waals surface area contributed by atoms with Crippen molar-refractivity contribution in [2.75, 3.05) is 6.61 Å². The highest BCUT2D eigenvalue weighted by Gasteiger charge is 2.36. The van der Waals surface area contributed by atoms with Crippen LogP contribution in [0.25, 0.3) is 0 Å². The van der Waals surface area contributed by atoms with Crippen molar-refractivity contribution in [1.82, 2.24) is 4.90 Å². The van der Waals surface area contributed by atoms with Gasteiger partial charge in [-0.25, -0.2) is 4.79 Å². The molecule has 2 amide bonds. The lowest BCUT2D eigenvalue weighted by Crippen LogP contribution is -2.56. The van der Waals surface area contributed by atoms with Crippen molar-refractivity contribution in [2.45, 2.75) is 39.0 Å². The van der Waals surface area contributed by atoms with Crippen molar-refractivity contribution in [3.8, 4) is 11.5 Å². The van der Waals surface area contributed by atoms with Gasteiger partial charge in [-0.15, -0.1) is 0 Å². The molecule has 0 aliphatic carbocycles. The quantitative estimate of drug-likeness (QED) is 0.659. The number of benzene rings is 2. The molecule has 0 fully saturated rings. The van der Waals surface area contributed by atoms with E-state index in [1.165, 1.54) is 17.0 Å². The zero-order valence-electron chi connectivity index (χ0n) is 17.4. The highest BCUT2D eigenvalue weighted by Crippen LogP contribution is 2.30. The number of nitrogens with zero attached hydrogens (tertiary/aromatic N) is 1. The Balaban J connectivity index is 2.18. The third kappa shape index (κ3) is 6.63. The van der Waals surface area contributed by atoms with Crippen molar-refractivity contribution in [1.29, 1.82) is 0 Å². The fourth-order valence-corrected chi connectivity index (χ4v) is 3.03. The van der Waals surface area contributed by atoms with E-state index in [2.05, 4.69) is 0 Å². The highest BCUT2D eigenvalue weighted by molar-refractivity contribution is 5.85. The largest absolute Gasteiger partial charge is 0.491 e. The number of primary amides is 1. The van der Waals surface area contributed by atoms with Crippen LogP contribution in [0.15, 0.2) is 54.6 Å². The van der Waals surface area contributed by atoms with E-state index in [9.17, 15) is 22.8 Å². The maximum absolute atomic E-state index is 12.9. The molecule has 2 N–H and O–H groups in total. The molecule has 0 spiro atoms. The molecular weight excluding hydrogens is 413 g/mol. The standard InChI is InChI=1S/C22H25F3N2O4/c1-14(2)19(20(26)28)27(21(29)31-18-7-5-4-6-8-18)15(3)13-30-17-11-9-16(10-12-17)22(23,24)25/h4-12,14-15,19H,13H2,1-3H3,(H2,26,28)/t15?,19-/m0/s1. The number of hydrogen-bond donors (Lipinski definition) is 1. The molecule has 0 aromatic heterocycles. The molecule has 168 valence electrons. The summed E-state index contributed by atoms with van der Waals surface area (Å²) in [7, 11) is 0. The van der Waals surface area contributed by atoms with Gasteiger partial charge in [0.05, 0.1) is 11.6 Å². The summed E-state index contributed by atoms with van der Waals surface area (Å²) in [6.07, 6.45) is -5.23. The molecule has 0 aliphatic rings. The Kier molecular flexibility index (Phi) is 7.90. The lowest BCUT2D eigenvalue weighted by Gasteiger charge is -2.35. The summed E-state index contributed by atoms with van der Waals surface area (Å²) >= 11 is 0. The number of rotatable bonds is 8. The maximum atomic E-state index is 12.9. The van der Waals surface area contributed by atoms with Crippen LogP contribution < -0.4 is 15.2 Å². The predicted octanol–water partition coefficient (Wildman–Crippen LogP) is 4.48. The zero-order chi connectivity index (χ0) is 23.2. The fraction of sp³-hybridized carbons (Fsp3) is 0.364. The normalized spacial score (nSPS) is 13.4. The maximum Gasteiger partial charge on any atom is 0.416 e. The van der Waals surface area contributed by atoms with Crippen LogP contribution in [0, 0.1) is 5.92 Å². The first-order valence-electron chi connectivity index (χ1n) is 9.65. The first-order chi connectivity index (χ1) is 14.5. The Morgan fingerprint density at radius 3 is 2.03 bits per heavy atom. The molecule has 0 saturated carbocycles. The number of carbonyl (C=O) groups excluding carboxylic acids is 2. The molecule has 0 heterocycles. The summed E-state index contributed by atoms with van der Waals surface area (Å²) in [5.74, 6) is -0.535. The van der Waals surface area contributed by atoms with Crippen molar-refractivity contribution in [2.24, 2.45) is 11.7 Å². The molecule has 0 aliphatic heterocycles. The van der Waals surface area contributed by atoms with Gasteiger partial charge in [-0.05, 0) is 49.2 Å². The molecular formula is C22H25F3N2O4. The lowest BCUT2D eigenvalue weighted by molar-refractivity contribution is -0.137. The first-order valence-corrected chi connectivity index (χ1v) is 9.65. The molecule has 2 aromatic rings. The van der Waals surface area contributed by atoms with Gasteiger partial charge in [-0.2, -0.15) is 13.2 Å². The molecule has 6 nitrogen and oxygen atoms in total. The van der Waals surface area contributed by atoms with Crippen LogP contribution in [0.4, 0.5) is 18.0 Å². The van der Waals surface area contributed by atoms with E-state index in [1.807, 2.05) is 0 Å². The van der Waals surface area contributed by atoms with E-state index in [-0.39, 0.29) is 18.3 Å². The molecule has 9 heteroatoms. The second kappa shape index (κ2) is 10.2. The van der Waals surface area contributed by atoms with E-state index in [4.69, 9.17) is 15.2 Å². The van der Waals surface area contributed by atoms with Gasteiger partial charge >= 0.3 is 12.3 Å². The molecule has 2 aromatic carbocycles. The number of nitrogens with two attached hydrogens (primary N) is 1. The van der Waals surface area contributed by atoms with E-state index >= 15 is 0 Å². The van der Waals surface area contributed by atoms with Crippen LogP contribution >= 0.6 is 0 Å². The smallest absolute Gasteiger partial charge is 0.416 e. The third-order valence-electron chi connectivity index (χ3n) is 4.53. The van der Waals surface area contributed by atoms with Crippen LogP contribution in [-0.2, 0) is 11.0 Å². The summed E-state index contributed by atoms with van der Waals surface area (Å²) in [6.45, 7) is 5.02. The summed E-state index contributed by atoms with van der Waals surface area (Å²) in [5.41, 5.74) is 4.74. The van der Waals surface area contributed by atoms with E-state index in [0.717, 1.165) is 12.1 Å². The minimum Gasteiger partial charge on any atom is -0.491 e. The van der Waals surface area contributed by atoms with Gasteiger partial charge in [-0.3, -0.25) is 9.69 Å². The van der Waals surface area contributed by atoms with E-state index < -0.39 is 35.8 Å². The third-order valence-corrected chi connectivity index (χ3v) is 4.53. The summed E-state index contributed by atoms with van der Waals surface area (Å²) in [4.78, 5) is 26.2. The van der Waals surface area contributed by atoms with Gasteiger partial charge in [0.2, 0.25) is 5.91 Å². The Morgan fingerprint density at radius 2 is 1.55 bits per heavy atom. The molecule has 1 unspecified atom stereocenters. The van der Waals surface area contributed by atoms with Crippen LogP contribution in [0.5, 0.6) is 11.5 Å². The van der Waals surface area contributed by atoms with Gasteiger partial charge in [0, 0.05) is 0 Å². The Labute approximate surface area is 178 Å². The van der Waals surface area contributed by atoms with Gasteiger partial charge in [-0.1, -0.05) is 32.0 Å². The predicted molar refractivity (Wildman–Crippen MR) is 109 cm³/mol. The summed E-state index contributed by atoms with van der Waals surface area (Å²) < 4.78 is 49.1. The number of hydrogen-bond acceptors (Lipinski definition) is 4. The number of alkyl halides is 3. The second-order valence-corrected chi connectivity index (χ2v) is 7.36. The monoisotopic (exact) mass is 438 g/mol. The Hall–Kier alpha value is -3.23. The van der Waals surface area contributed by atoms with Crippen molar-refractivity contribution < 1.29 is 32.2 Å². The first kappa shape index (κ1) is 24.0. The average Bonchev–Trinajstić information content (AvgIpc) is 2.69. The van der Waals surface area contributed by atoms with Crippen LogP contribution in [0.1, 0.15) is 26.3 Å².